The molecule has 236 valence electrons. The van der Waals surface area contributed by atoms with Crippen LogP contribution in [0.1, 0.15) is 66.2 Å². The van der Waals surface area contributed by atoms with E-state index in [0.717, 1.165) is 19.3 Å². The monoisotopic (exact) mass is 606 g/mol. The summed E-state index contributed by atoms with van der Waals surface area (Å²) in [6.45, 7) is 14.4. The molecular formula is C32H50N2O7S. The summed E-state index contributed by atoms with van der Waals surface area (Å²) in [5.74, 6) is 0.470. The molecule has 0 aromatic carbocycles. The van der Waals surface area contributed by atoms with E-state index in [4.69, 9.17) is 9.47 Å². The highest BCUT2D eigenvalue weighted by molar-refractivity contribution is 7.99. The topological polar surface area (TPSA) is 125 Å². The largest absolute Gasteiger partial charge is 0.461 e. The van der Waals surface area contributed by atoms with E-state index in [1.165, 1.54) is 11.8 Å². The van der Waals surface area contributed by atoms with E-state index in [0.29, 0.717) is 51.3 Å². The number of aliphatic hydroxyl groups is 2. The Bertz CT molecular complexity index is 1070. The van der Waals surface area contributed by atoms with Crippen LogP contribution in [0.3, 0.4) is 0 Å². The summed E-state index contributed by atoms with van der Waals surface area (Å²) >= 11 is 1.43. The average Bonchev–Trinajstić information content (AvgIpc) is 3.57. The number of nitrogens with one attached hydrogen (secondary N) is 1. The molecule has 0 radical (unpaired) electrons. The third-order valence-electron chi connectivity index (χ3n) is 12.0. The van der Waals surface area contributed by atoms with Gasteiger partial charge in [-0.05, 0) is 49.4 Å². The predicted molar refractivity (Wildman–Crippen MR) is 161 cm³/mol. The number of hydrogen-bond acceptors (Lipinski definition) is 9. The highest BCUT2D eigenvalue weighted by Crippen LogP contribution is 2.68. The first-order chi connectivity index (χ1) is 19.9. The Labute approximate surface area is 254 Å². The SMILES string of the molecule is C=C[C@]1(C)C[C@@H](OC(=O)CSCC2CN(C(=O)[C@H]3C[C@H](O)CN3)CCO2)[C@]2(C)C(C)CC[C@]3(CCC(=O)C32)[C@@H](C)[C@@H]1O. The lowest BCUT2D eigenvalue weighted by molar-refractivity contribution is -0.205. The zero-order chi connectivity index (χ0) is 30.4. The number of amides is 1. The van der Waals surface area contributed by atoms with Gasteiger partial charge in [0, 0.05) is 48.6 Å². The molecule has 0 aromatic heterocycles. The van der Waals surface area contributed by atoms with Crippen molar-refractivity contribution in [1.29, 1.82) is 0 Å². The number of nitrogens with zero attached hydrogens (tertiary/aromatic N) is 1. The first-order valence-corrected chi connectivity index (χ1v) is 16.9. The predicted octanol–water partition coefficient (Wildman–Crippen LogP) is 2.58. The smallest absolute Gasteiger partial charge is 0.316 e. The number of aliphatic hydroxyl groups excluding tert-OH is 2. The van der Waals surface area contributed by atoms with Crippen LogP contribution in [0.4, 0.5) is 0 Å². The van der Waals surface area contributed by atoms with E-state index in [-0.39, 0.29) is 58.7 Å². The van der Waals surface area contributed by atoms with Crippen molar-refractivity contribution in [3.05, 3.63) is 12.7 Å². The number of β-amino-alcohol motifs (C(OH)–C–C–N with tert-alkyl or cyclic N) is 1. The minimum Gasteiger partial charge on any atom is -0.461 e. The fraction of sp³-hybridized carbons (Fsp3) is 0.844. The fourth-order valence-electron chi connectivity index (χ4n) is 9.11. The standard InChI is InChI=1S/C32H50N2O7S/c1-6-30(4)14-25(31(5)19(2)7-9-32(20(3)28(30)38)10-8-24(36)27(31)32)41-26(37)18-42-17-22-16-34(11-12-40-22)29(39)23-13-21(35)15-33-23/h6,19-23,25,27-28,33,35,38H,1,7-18H2,2-5H3/t19?,20-,21-,22?,23+,25+,27?,28-,30+,31-,32-/m0/s1. The molecule has 3 N–H and O–H groups in total. The zero-order valence-corrected chi connectivity index (χ0v) is 26.5. The average molecular weight is 607 g/mol. The number of Topliss-reactive ketones (excluding diaryl/α,β-unsaturated/α-hetero) is 1. The second kappa shape index (κ2) is 12.1. The van der Waals surface area contributed by atoms with Gasteiger partial charge in [-0.2, -0.15) is 0 Å². The van der Waals surface area contributed by atoms with E-state index in [1.54, 1.807) is 4.90 Å². The molecule has 10 heteroatoms. The number of morpholine rings is 1. The van der Waals surface area contributed by atoms with Crippen molar-refractivity contribution in [2.45, 2.75) is 96.7 Å². The molecule has 3 aliphatic carbocycles. The van der Waals surface area contributed by atoms with E-state index < -0.39 is 29.1 Å². The number of ether oxygens (including phenoxy) is 2. The van der Waals surface area contributed by atoms with E-state index in [9.17, 15) is 24.6 Å². The maximum absolute atomic E-state index is 13.6. The van der Waals surface area contributed by atoms with Gasteiger partial charge < -0.3 is 29.9 Å². The van der Waals surface area contributed by atoms with E-state index in [1.807, 2.05) is 13.0 Å². The molecule has 2 heterocycles. The van der Waals surface area contributed by atoms with Crippen molar-refractivity contribution in [2.75, 3.05) is 37.7 Å². The van der Waals surface area contributed by atoms with Gasteiger partial charge in [0.15, 0.2) is 0 Å². The van der Waals surface area contributed by atoms with Crippen LogP contribution in [-0.2, 0) is 23.9 Å². The summed E-state index contributed by atoms with van der Waals surface area (Å²) in [7, 11) is 0. The van der Waals surface area contributed by atoms with Crippen LogP contribution in [0.15, 0.2) is 12.7 Å². The summed E-state index contributed by atoms with van der Waals surface area (Å²) in [4.78, 5) is 41.6. The quantitative estimate of drug-likeness (QED) is 0.296. The summed E-state index contributed by atoms with van der Waals surface area (Å²) in [5.41, 5.74) is -1.48. The Morgan fingerprint density at radius 2 is 2.02 bits per heavy atom. The number of thioether (sulfide) groups is 1. The Balaban J connectivity index is 1.25. The van der Waals surface area contributed by atoms with E-state index in [2.05, 4.69) is 32.7 Å². The Morgan fingerprint density at radius 3 is 2.71 bits per heavy atom. The number of rotatable bonds is 7. The van der Waals surface area contributed by atoms with Crippen molar-refractivity contribution in [3.8, 4) is 0 Å². The number of carbonyl (C=O) groups is 3. The molecular weight excluding hydrogens is 556 g/mol. The van der Waals surface area contributed by atoms with Crippen LogP contribution in [0.25, 0.3) is 0 Å². The molecule has 1 amide bonds. The highest BCUT2D eigenvalue weighted by atomic mass is 32.2. The molecule has 5 rings (SSSR count). The normalized spacial score (nSPS) is 45.6. The van der Waals surface area contributed by atoms with Crippen molar-refractivity contribution in [2.24, 2.45) is 34.0 Å². The molecule has 9 nitrogen and oxygen atoms in total. The summed E-state index contributed by atoms with van der Waals surface area (Å²) in [6, 6.07) is -0.359. The lowest BCUT2D eigenvalue weighted by Crippen LogP contribution is -2.63. The molecule has 2 saturated heterocycles. The molecule has 0 aromatic rings. The van der Waals surface area contributed by atoms with Crippen LogP contribution in [0, 0.1) is 34.0 Å². The van der Waals surface area contributed by atoms with Crippen LogP contribution in [0.2, 0.25) is 0 Å². The Kier molecular flexibility index (Phi) is 9.24. The van der Waals surface area contributed by atoms with Crippen LogP contribution in [-0.4, -0.2) is 101 Å². The van der Waals surface area contributed by atoms with Crippen molar-refractivity contribution < 1.29 is 34.1 Å². The molecule has 2 bridgehead atoms. The number of ketones is 1. The zero-order valence-electron chi connectivity index (χ0n) is 25.7. The van der Waals surface area contributed by atoms with Gasteiger partial charge in [-0.1, -0.05) is 33.8 Å². The first kappa shape index (κ1) is 31.9. The Hall–Kier alpha value is -1.46. The number of carbonyl (C=O) groups excluding carboxylic acids is 3. The minimum atomic E-state index is -0.686. The van der Waals surface area contributed by atoms with Gasteiger partial charge >= 0.3 is 5.97 Å². The van der Waals surface area contributed by atoms with Crippen LogP contribution in [0.5, 0.6) is 0 Å². The molecule has 2 aliphatic heterocycles. The summed E-state index contributed by atoms with van der Waals surface area (Å²) in [6.07, 6.45) is 3.91. The molecule has 5 aliphatic rings. The second-order valence-electron chi connectivity index (χ2n) is 14.2. The van der Waals surface area contributed by atoms with Gasteiger partial charge in [0.1, 0.15) is 11.9 Å². The Morgan fingerprint density at radius 1 is 1.26 bits per heavy atom. The second-order valence-corrected chi connectivity index (χ2v) is 15.2. The minimum absolute atomic E-state index is 0.0114. The number of esters is 1. The van der Waals surface area contributed by atoms with Crippen LogP contribution >= 0.6 is 11.8 Å². The number of hydrogen-bond donors (Lipinski definition) is 3. The highest BCUT2D eigenvalue weighted by Gasteiger charge is 2.68. The lowest BCUT2D eigenvalue weighted by Gasteiger charge is -2.61. The molecule has 3 saturated carbocycles. The van der Waals surface area contributed by atoms with Gasteiger partial charge in [0.05, 0.1) is 36.7 Å². The van der Waals surface area contributed by atoms with Gasteiger partial charge in [-0.3, -0.25) is 14.4 Å². The van der Waals surface area contributed by atoms with Gasteiger partial charge in [0.25, 0.3) is 0 Å². The lowest BCUT2D eigenvalue weighted by atomic mass is 9.44. The van der Waals surface area contributed by atoms with Crippen molar-refractivity contribution in [3.63, 3.8) is 0 Å². The fourth-order valence-corrected chi connectivity index (χ4v) is 9.93. The van der Waals surface area contributed by atoms with E-state index >= 15 is 0 Å². The van der Waals surface area contributed by atoms with Crippen molar-refractivity contribution >= 4 is 29.4 Å². The summed E-state index contributed by atoms with van der Waals surface area (Å²) in [5, 5.41) is 24.5. The first-order valence-electron chi connectivity index (χ1n) is 15.8. The van der Waals surface area contributed by atoms with Crippen molar-refractivity contribution in [1.82, 2.24) is 10.2 Å². The molecule has 11 atom stereocenters. The van der Waals surface area contributed by atoms with Gasteiger partial charge in [0.2, 0.25) is 5.91 Å². The summed E-state index contributed by atoms with van der Waals surface area (Å²) < 4.78 is 12.2. The molecule has 5 fully saturated rings. The third kappa shape index (κ3) is 5.48. The maximum Gasteiger partial charge on any atom is 0.316 e. The molecule has 3 unspecified atom stereocenters. The van der Waals surface area contributed by atoms with Gasteiger partial charge in [-0.25, -0.2) is 0 Å². The third-order valence-corrected chi connectivity index (χ3v) is 13.0. The molecule has 42 heavy (non-hydrogen) atoms. The molecule has 0 spiro atoms. The maximum atomic E-state index is 13.6. The van der Waals surface area contributed by atoms with Crippen LogP contribution < -0.4 is 5.32 Å². The van der Waals surface area contributed by atoms with Gasteiger partial charge in [-0.15, -0.1) is 18.3 Å².